The fraction of sp³-hybridized carbons (Fsp3) is 0.286. The summed E-state index contributed by atoms with van der Waals surface area (Å²) in [7, 11) is 0. The van der Waals surface area contributed by atoms with E-state index in [1.165, 1.54) is 0 Å². The van der Waals surface area contributed by atoms with Crippen molar-refractivity contribution in [3.8, 4) is 0 Å². The van der Waals surface area contributed by atoms with Crippen molar-refractivity contribution >= 4 is 33.7 Å². The number of aliphatic carboxylic acids is 1. The van der Waals surface area contributed by atoms with Crippen molar-refractivity contribution in [2.24, 2.45) is 0 Å². The van der Waals surface area contributed by atoms with Crippen LogP contribution in [-0.2, 0) is 20.8 Å². The van der Waals surface area contributed by atoms with Crippen LogP contribution in [0, 0.1) is 0 Å². The summed E-state index contributed by atoms with van der Waals surface area (Å²) in [4.78, 5) is 35.6. The van der Waals surface area contributed by atoms with Gasteiger partial charge in [0.05, 0.1) is 6.04 Å². The molecule has 2 aromatic carbocycles. The van der Waals surface area contributed by atoms with Gasteiger partial charge in [-0.15, -0.1) is 0 Å². The van der Waals surface area contributed by atoms with Crippen LogP contribution in [0.3, 0.4) is 0 Å². The Labute approximate surface area is 172 Å². The van der Waals surface area contributed by atoms with Crippen LogP contribution in [0.15, 0.2) is 59.1 Å². The van der Waals surface area contributed by atoms with Crippen molar-refractivity contribution < 1.29 is 19.5 Å². The van der Waals surface area contributed by atoms with E-state index >= 15 is 0 Å². The number of benzene rings is 2. The third-order valence-electron chi connectivity index (χ3n) is 4.24. The first kappa shape index (κ1) is 21.6. The molecule has 0 heterocycles. The van der Waals surface area contributed by atoms with Crippen LogP contribution in [0.25, 0.3) is 0 Å². The lowest BCUT2D eigenvalue weighted by Crippen LogP contribution is -2.42. The maximum absolute atomic E-state index is 12.1. The highest BCUT2D eigenvalue weighted by Crippen LogP contribution is 2.13. The molecule has 3 N–H and O–H groups in total. The molecule has 2 aromatic rings. The molecule has 28 heavy (non-hydrogen) atoms. The van der Waals surface area contributed by atoms with E-state index in [2.05, 4.69) is 26.6 Å². The molecule has 0 saturated heterocycles. The van der Waals surface area contributed by atoms with Gasteiger partial charge in [0.1, 0.15) is 6.04 Å². The first-order valence-corrected chi connectivity index (χ1v) is 9.75. The molecule has 2 atom stereocenters. The van der Waals surface area contributed by atoms with E-state index in [1.807, 2.05) is 49.4 Å². The largest absolute Gasteiger partial charge is 0.480 e. The molecule has 2 rings (SSSR count). The number of nitrogens with one attached hydrogen (secondary N) is 2. The topological polar surface area (TPSA) is 95.5 Å². The molecule has 0 aliphatic carbocycles. The summed E-state index contributed by atoms with van der Waals surface area (Å²) in [5.74, 6) is -1.84. The van der Waals surface area contributed by atoms with Crippen molar-refractivity contribution in [3.05, 3.63) is 70.2 Å². The third kappa shape index (κ3) is 7.15. The van der Waals surface area contributed by atoms with Crippen LogP contribution >= 0.6 is 15.9 Å². The molecule has 0 unspecified atom stereocenters. The van der Waals surface area contributed by atoms with Gasteiger partial charge < -0.3 is 15.7 Å². The Balaban J connectivity index is 1.81. The molecular weight excluding hydrogens is 424 g/mol. The van der Waals surface area contributed by atoms with Crippen LogP contribution in [0.4, 0.5) is 0 Å². The summed E-state index contributed by atoms with van der Waals surface area (Å²) in [6.45, 7) is 1.87. The van der Waals surface area contributed by atoms with Gasteiger partial charge in [0, 0.05) is 23.7 Å². The minimum atomic E-state index is -1.11. The molecule has 0 bridgehead atoms. The van der Waals surface area contributed by atoms with Gasteiger partial charge in [0.2, 0.25) is 11.8 Å². The average molecular weight is 447 g/mol. The van der Waals surface area contributed by atoms with E-state index in [0.717, 1.165) is 15.6 Å². The Morgan fingerprint density at radius 1 is 0.929 bits per heavy atom. The Bertz CT molecular complexity index is 809. The van der Waals surface area contributed by atoms with E-state index < -0.39 is 17.9 Å². The van der Waals surface area contributed by atoms with Crippen molar-refractivity contribution in [3.63, 3.8) is 0 Å². The minimum absolute atomic E-state index is 0.00632. The number of amides is 2. The van der Waals surface area contributed by atoms with Crippen molar-refractivity contribution in [2.75, 3.05) is 0 Å². The van der Waals surface area contributed by atoms with Gasteiger partial charge in [-0.1, -0.05) is 58.4 Å². The molecule has 0 spiro atoms. The van der Waals surface area contributed by atoms with E-state index in [9.17, 15) is 19.5 Å². The lowest BCUT2D eigenvalue weighted by Gasteiger charge is -2.16. The maximum Gasteiger partial charge on any atom is 0.326 e. The number of carboxylic acids is 1. The Morgan fingerprint density at radius 2 is 1.50 bits per heavy atom. The van der Waals surface area contributed by atoms with E-state index in [4.69, 9.17) is 0 Å². The molecule has 0 aliphatic rings. The van der Waals surface area contributed by atoms with Crippen molar-refractivity contribution in [2.45, 2.75) is 38.3 Å². The van der Waals surface area contributed by atoms with Crippen LogP contribution in [0.1, 0.15) is 36.9 Å². The number of carbonyl (C=O) groups is 3. The summed E-state index contributed by atoms with van der Waals surface area (Å²) in [5.41, 5.74) is 1.77. The number of carboxylic acid groups (broad SMARTS) is 1. The summed E-state index contributed by atoms with van der Waals surface area (Å²) < 4.78 is 0.892. The van der Waals surface area contributed by atoms with E-state index in [-0.39, 0.29) is 31.2 Å². The standard InChI is InChI=1S/C21H23BrN2O4/c1-14(16-5-3-2-4-6-16)23-19(25)11-12-20(26)24-18(21(27)28)13-15-7-9-17(22)10-8-15/h2-10,14,18H,11-13H2,1H3,(H,23,25)(H,24,26)(H,27,28)/t14-,18-/m1/s1. The van der Waals surface area contributed by atoms with Gasteiger partial charge in [-0.3, -0.25) is 9.59 Å². The second kappa shape index (κ2) is 10.6. The molecule has 0 radical (unpaired) electrons. The van der Waals surface area contributed by atoms with Crippen molar-refractivity contribution in [1.82, 2.24) is 10.6 Å². The minimum Gasteiger partial charge on any atom is -0.480 e. The fourth-order valence-electron chi connectivity index (χ4n) is 2.69. The predicted molar refractivity (Wildman–Crippen MR) is 110 cm³/mol. The molecule has 0 aliphatic heterocycles. The zero-order chi connectivity index (χ0) is 20.5. The zero-order valence-electron chi connectivity index (χ0n) is 15.5. The van der Waals surface area contributed by atoms with Crippen LogP contribution in [-0.4, -0.2) is 28.9 Å². The number of carbonyl (C=O) groups excluding carboxylic acids is 2. The Kier molecular flexibility index (Phi) is 8.19. The lowest BCUT2D eigenvalue weighted by molar-refractivity contribution is -0.141. The summed E-state index contributed by atoms with van der Waals surface area (Å²) in [5, 5.41) is 14.7. The molecule has 0 fully saturated rings. The Hall–Kier alpha value is -2.67. The fourth-order valence-corrected chi connectivity index (χ4v) is 2.95. The lowest BCUT2D eigenvalue weighted by atomic mass is 10.1. The monoisotopic (exact) mass is 446 g/mol. The van der Waals surface area contributed by atoms with Gasteiger partial charge in [0.15, 0.2) is 0 Å². The van der Waals surface area contributed by atoms with E-state index in [1.54, 1.807) is 12.1 Å². The average Bonchev–Trinajstić information content (AvgIpc) is 2.68. The summed E-state index contributed by atoms with van der Waals surface area (Å²) >= 11 is 3.32. The normalized spacial score (nSPS) is 12.6. The second-order valence-electron chi connectivity index (χ2n) is 6.49. The molecular formula is C21H23BrN2O4. The van der Waals surface area contributed by atoms with Crippen LogP contribution in [0.5, 0.6) is 0 Å². The predicted octanol–water partition coefficient (Wildman–Crippen LogP) is 3.22. The van der Waals surface area contributed by atoms with E-state index in [0.29, 0.717) is 0 Å². The highest BCUT2D eigenvalue weighted by Gasteiger charge is 2.21. The number of hydrogen-bond acceptors (Lipinski definition) is 3. The second-order valence-corrected chi connectivity index (χ2v) is 7.40. The van der Waals surface area contributed by atoms with Gasteiger partial charge in [0.25, 0.3) is 0 Å². The number of halogens is 1. The quantitative estimate of drug-likeness (QED) is 0.550. The number of rotatable bonds is 9. The SMILES string of the molecule is C[C@@H](NC(=O)CCC(=O)N[C@H](Cc1ccc(Br)cc1)C(=O)O)c1ccccc1. The maximum atomic E-state index is 12.1. The summed E-state index contributed by atoms with van der Waals surface area (Å²) in [6.07, 6.45) is 0.0939. The molecule has 148 valence electrons. The third-order valence-corrected chi connectivity index (χ3v) is 4.77. The van der Waals surface area contributed by atoms with Crippen molar-refractivity contribution in [1.29, 1.82) is 0 Å². The molecule has 6 nitrogen and oxygen atoms in total. The highest BCUT2D eigenvalue weighted by molar-refractivity contribution is 9.10. The first-order valence-electron chi connectivity index (χ1n) is 8.96. The van der Waals surface area contributed by atoms with Gasteiger partial charge >= 0.3 is 5.97 Å². The molecule has 0 saturated carbocycles. The Morgan fingerprint density at radius 3 is 2.07 bits per heavy atom. The van der Waals surface area contributed by atoms with Gasteiger partial charge in [-0.25, -0.2) is 4.79 Å². The molecule has 7 heteroatoms. The smallest absolute Gasteiger partial charge is 0.326 e. The first-order chi connectivity index (χ1) is 13.3. The van der Waals surface area contributed by atoms with Gasteiger partial charge in [-0.05, 0) is 30.2 Å². The highest BCUT2D eigenvalue weighted by atomic mass is 79.9. The molecule has 2 amide bonds. The summed E-state index contributed by atoms with van der Waals surface area (Å²) in [6, 6.07) is 15.5. The zero-order valence-corrected chi connectivity index (χ0v) is 17.1. The van der Waals surface area contributed by atoms with Crippen LogP contribution in [0.2, 0.25) is 0 Å². The number of hydrogen-bond donors (Lipinski definition) is 3. The van der Waals surface area contributed by atoms with Gasteiger partial charge in [-0.2, -0.15) is 0 Å². The van der Waals surface area contributed by atoms with Crippen LogP contribution < -0.4 is 10.6 Å². The molecule has 0 aromatic heterocycles.